The van der Waals surface area contributed by atoms with Crippen LogP contribution in [0.15, 0.2) is 66.9 Å². The summed E-state index contributed by atoms with van der Waals surface area (Å²) < 4.78 is 12.7. The highest BCUT2D eigenvalue weighted by Crippen LogP contribution is 2.47. The molecule has 1 atom stereocenters. The second kappa shape index (κ2) is 9.31. The Balaban J connectivity index is 1.63. The van der Waals surface area contributed by atoms with Crippen LogP contribution in [0.3, 0.4) is 0 Å². The van der Waals surface area contributed by atoms with Gasteiger partial charge in [0.05, 0.1) is 25.5 Å². The Kier molecular flexibility index (Phi) is 5.93. The molecule has 0 N–H and O–H groups in total. The van der Waals surface area contributed by atoms with Gasteiger partial charge < -0.3 is 9.47 Å². The molecule has 38 heavy (non-hydrogen) atoms. The highest BCUT2D eigenvalue weighted by atomic mass is 35.5. The van der Waals surface area contributed by atoms with E-state index in [-0.39, 0.29) is 17.8 Å². The Morgan fingerprint density at radius 2 is 1.71 bits per heavy atom. The number of amides is 1. The van der Waals surface area contributed by atoms with Crippen LogP contribution in [0, 0.1) is 6.92 Å². The average Bonchev–Trinajstić information content (AvgIpc) is 3.39. The summed E-state index contributed by atoms with van der Waals surface area (Å²) in [6.45, 7) is 1.95. The van der Waals surface area contributed by atoms with Crippen molar-refractivity contribution in [2.24, 2.45) is 0 Å². The average molecular weight is 546 g/mol. The zero-order chi connectivity index (χ0) is 26.6. The summed E-state index contributed by atoms with van der Waals surface area (Å²) in [6, 6.07) is 12.6. The standard InChI is InChI=1S/C28H21Cl2N5O3/c1-15-7-10-18(30)13-21(15)35-23(16-8-11-17(29)12-9-16)24-22(27(35)36)32-25(34(24)19-5-4-6-19)20-14-31-28(38-3)33-26(20)37-2/h4-14,23H,1-3H3. The molecule has 190 valence electrons. The number of allylic oxidation sites excluding steroid dienone is 4. The van der Waals surface area contributed by atoms with Gasteiger partial charge in [-0.25, -0.2) is 9.97 Å². The van der Waals surface area contributed by atoms with Crippen molar-refractivity contribution in [2.45, 2.75) is 13.0 Å². The van der Waals surface area contributed by atoms with E-state index in [4.69, 9.17) is 37.7 Å². The maximum Gasteiger partial charge on any atom is 0.319 e. The highest BCUT2D eigenvalue weighted by molar-refractivity contribution is 6.31. The maximum absolute atomic E-state index is 14.2. The number of carbonyl (C=O) groups excluding carboxylic acids is 1. The summed E-state index contributed by atoms with van der Waals surface area (Å²) in [4.78, 5) is 29.4. The van der Waals surface area contributed by atoms with Crippen molar-refractivity contribution in [1.82, 2.24) is 19.5 Å². The van der Waals surface area contributed by atoms with Crippen molar-refractivity contribution in [1.29, 1.82) is 0 Å². The summed E-state index contributed by atoms with van der Waals surface area (Å²) in [6.07, 6.45) is 7.43. The summed E-state index contributed by atoms with van der Waals surface area (Å²) in [5.74, 6) is 0.520. The van der Waals surface area contributed by atoms with Crippen molar-refractivity contribution >= 4 is 40.5 Å². The Labute approximate surface area is 228 Å². The van der Waals surface area contributed by atoms with Crippen molar-refractivity contribution in [3.05, 3.63) is 99.4 Å². The summed E-state index contributed by atoms with van der Waals surface area (Å²) in [5, 5.41) is 1.13. The minimum Gasteiger partial charge on any atom is -0.480 e. The number of aryl methyl sites for hydroxylation is 1. The van der Waals surface area contributed by atoms with Crippen LogP contribution in [0.1, 0.15) is 33.4 Å². The lowest BCUT2D eigenvalue weighted by Gasteiger charge is -2.29. The fourth-order valence-electron chi connectivity index (χ4n) is 4.77. The first-order chi connectivity index (χ1) is 18.4. The van der Waals surface area contributed by atoms with Gasteiger partial charge >= 0.3 is 6.01 Å². The Hall–Kier alpha value is -4.14. The fraction of sp³-hybridized carbons (Fsp3) is 0.143. The number of fused-ring (bicyclic) bond motifs is 1. The van der Waals surface area contributed by atoms with E-state index >= 15 is 0 Å². The van der Waals surface area contributed by atoms with Gasteiger partial charge in [0, 0.05) is 27.6 Å². The number of ether oxygens (including phenoxy) is 2. The van der Waals surface area contributed by atoms with E-state index in [0.717, 1.165) is 16.8 Å². The lowest BCUT2D eigenvalue weighted by molar-refractivity contribution is 0.0989. The molecule has 4 aromatic rings. The van der Waals surface area contributed by atoms with Crippen molar-refractivity contribution in [2.75, 3.05) is 19.1 Å². The number of methoxy groups -OCH3 is 2. The maximum atomic E-state index is 14.2. The van der Waals surface area contributed by atoms with E-state index < -0.39 is 6.04 Å². The number of hydrogen-bond donors (Lipinski definition) is 0. The number of aromatic nitrogens is 4. The first kappa shape index (κ1) is 24.2. The molecule has 1 unspecified atom stereocenters. The van der Waals surface area contributed by atoms with Crippen LogP contribution < -0.4 is 14.4 Å². The van der Waals surface area contributed by atoms with E-state index in [1.165, 1.54) is 14.2 Å². The van der Waals surface area contributed by atoms with Gasteiger partial charge in [-0.1, -0.05) is 47.5 Å². The predicted octanol–water partition coefficient (Wildman–Crippen LogP) is 6.13. The van der Waals surface area contributed by atoms with Gasteiger partial charge in [0.2, 0.25) is 5.88 Å². The molecule has 0 bridgehead atoms. The lowest BCUT2D eigenvalue weighted by atomic mass is 10.0. The number of halogens is 2. The summed E-state index contributed by atoms with van der Waals surface area (Å²) >= 11 is 12.6. The zero-order valence-electron chi connectivity index (χ0n) is 20.6. The molecular formula is C28H21Cl2N5O3. The Bertz CT molecular complexity index is 1660. The normalized spacial score (nSPS) is 15.8. The summed E-state index contributed by atoms with van der Waals surface area (Å²) in [5.41, 5.74) is 4.90. The second-order valence-corrected chi connectivity index (χ2v) is 9.67. The van der Waals surface area contributed by atoms with Gasteiger partial charge in [-0.05, 0) is 54.5 Å². The minimum absolute atomic E-state index is 0.164. The number of rotatable bonds is 6. The van der Waals surface area contributed by atoms with Gasteiger partial charge in [0.15, 0.2) is 11.5 Å². The molecule has 3 heterocycles. The SMILES string of the molecule is COc1ncc(-c2nc3c(n2C2=CC=C2)C(c2ccc(Cl)cc2)N(c2cc(Cl)ccc2C)C3=O)c(OC)n1. The van der Waals surface area contributed by atoms with E-state index in [1.54, 1.807) is 17.2 Å². The number of benzene rings is 2. The molecule has 6 rings (SSSR count). The van der Waals surface area contributed by atoms with Crippen molar-refractivity contribution in [3.63, 3.8) is 0 Å². The van der Waals surface area contributed by atoms with E-state index in [2.05, 4.69) is 9.97 Å². The van der Waals surface area contributed by atoms with Gasteiger partial charge in [-0.3, -0.25) is 14.3 Å². The molecular weight excluding hydrogens is 525 g/mol. The topological polar surface area (TPSA) is 82.4 Å². The zero-order valence-corrected chi connectivity index (χ0v) is 22.2. The van der Waals surface area contributed by atoms with Crippen LogP contribution in [-0.4, -0.2) is 39.6 Å². The number of carbonyl (C=O) groups is 1. The molecule has 0 saturated carbocycles. The Morgan fingerprint density at radius 3 is 2.37 bits per heavy atom. The van der Waals surface area contributed by atoms with Crippen molar-refractivity contribution < 1.29 is 14.3 Å². The van der Waals surface area contributed by atoms with Crippen LogP contribution in [-0.2, 0) is 0 Å². The molecule has 0 spiro atoms. The predicted molar refractivity (Wildman–Crippen MR) is 146 cm³/mol. The largest absolute Gasteiger partial charge is 0.480 e. The van der Waals surface area contributed by atoms with Gasteiger partial charge in [-0.15, -0.1) is 0 Å². The van der Waals surface area contributed by atoms with Gasteiger partial charge in [-0.2, -0.15) is 4.98 Å². The molecule has 1 amide bonds. The molecule has 2 aromatic heterocycles. The number of hydrogen-bond acceptors (Lipinski definition) is 6. The number of nitrogens with zero attached hydrogens (tertiary/aromatic N) is 5. The molecule has 0 saturated heterocycles. The van der Waals surface area contributed by atoms with E-state index in [0.29, 0.717) is 38.5 Å². The Morgan fingerprint density at radius 1 is 0.974 bits per heavy atom. The van der Waals surface area contributed by atoms with E-state index in [9.17, 15) is 4.79 Å². The third kappa shape index (κ3) is 3.76. The van der Waals surface area contributed by atoms with Crippen LogP contribution in [0.4, 0.5) is 5.69 Å². The molecule has 8 nitrogen and oxygen atoms in total. The first-order valence-corrected chi connectivity index (χ1v) is 12.5. The fourth-order valence-corrected chi connectivity index (χ4v) is 5.06. The molecule has 0 radical (unpaired) electrons. The van der Waals surface area contributed by atoms with Crippen LogP contribution >= 0.6 is 23.2 Å². The third-order valence-corrected chi connectivity index (χ3v) is 7.10. The quantitative estimate of drug-likeness (QED) is 0.289. The molecule has 1 aliphatic heterocycles. The van der Waals surface area contributed by atoms with Gasteiger partial charge in [0.1, 0.15) is 6.04 Å². The van der Waals surface area contributed by atoms with E-state index in [1.807, 2.05) is 66.1 Å². The molecule has 0 fully saturated rings. The monoisotopic (exact) mass is 545 g/mol. The van der Waals surface area contributed by atoms with Crippen LogP contribution in [0.2, 0.25) is 10.0 Å². The van der Waals surface area contributed by atoms with Gasteiger partial charge in [0.25, 0.3) is 5.91 Å². The molecule has 2 aliphatic rings. The molecule has 2 aromatic carbocycles. The number of anilines is 1. The van der Waals surface area contributed by atoms with Crippen LogP contribution in [0.5, 0.6) is 11.9 Å². The van der Waals surface area contributed by atoms with Crippen molar-refractivity contribution in [3.8, 4) is 23.3 Å². The first-order valence-electron chi connectivity index (χ1n) is 11.7. The van der Waals surface area contributed by atoms with Crippen LogP contribution in [0.25, 0.3) is 17.1 Å². The molecule has 10 heteroatoms. The highest BCUT2D eigenvalue weighted by Gasteiger charge is 2.45. The minimum atomic E-state index is -0.506. The second-order valence-electron chi connectivity index (χ2n) is 8.80. The number of imidazole rings is 1. The third-order valence-electron chi connectivity index (χ3n) is 6.61. The smallest absolute Gasteiger partial charge is 0.319 e. The lowest BCUT2D eigenvalue weighted by Crippen LogP contribution is -2.30. The molecule has 1 aliphatic carbocycles. The summed E-state index contributed by atoms with van der Waals surface area (Å²) in [7, 11) is 3.00.